The molecule has 1 aromatic heterocycles. The molecule has 2 rings (SSSR count). The van der Waals surface area contributed by atoms with Gasteiger partial charge in [-0.25, -0.2) is 9.18 Å². The van der Waals surface area contributed by atoms with E-state index >= 15 is 0 Å². The van der Waals surface area contributed by atoms with Crippen molar-refractivity contribution in [2.75, 3.05) is 7.11 Å². The van der Waals surface area contributed by atoms with Crippen LogP contribution in [0, 0.1) is 12.7 Å². The van der Waals surface area contributed by atoms with Crippen molar-refractivity contribution >= 4 is 17.3 Å². The van der Waals surface area contributed by atoms with Crippen molar-refractivity contribution in [1.29, 1.82) is 0 Å². The lowest BCUT2D eigenvalue weighted by atomic mass is 10.1. The minimum Gasteiger partial charge on any atom is -0.494 e. The molecule has 3 nitrogen and oxygen atoms in total. The molecule has 2 aromatic rings. The van der Waals surface area contributed by atoms with Crippen LogP contribution >= 0.6 is 11.3 Å². The summed E-state index contributed by atoms with van der Waals surface area (Å²) in [4.78, 5) is 11.7. The Morgan fingerprint density at radius 1 is 1.44 bits per heavy atom. The number of aromatic carboxylic acids is 1. The molecule has 5 heteroatoms. The maximum Gasteiger partial charge on any atom is 0.345 e. The Hall–Kier alpha value is -1.88. The van der Waals surface area contributed by atoms with Crippen molar-refractivity contribution in [2.24, 2.45) is 0 Å². The van der Waals surface area contributed by atoms with Crippen LogP contribution in [0.4, 0.5) is 4.39 Å². The number of rotatable bonds is 3. The second kappa shape index (κ2) is 4.78. The number of carbonyl (C=O) groups is 1. The summed E-state index contributed by atoms with van der Waals surface area (Å²) < 4.78 is 19.0. The summed E-state index contributed by atoms with van der Waals surface area (Å²) in [5.41, 5.74) is 1.11. The van der Waals surface area contributed by atoms with Gasteiger partial charge < -0.3 is 9.84 Å². The molecule has 0 aliphatic carbocycles. The third-order valence-electron chi connectivity index (χ3n) is 2.56. The lowest BCUT2D eigenvalue weighted by molar-refractivity contribution is 0.0702. The minimum atomic E-state index is -1.00. The average molecular weight is 266 g/mol. The molecule has 0 bridgehead atoms. The summed E-state index contributed by atoms with van der Waals surface area (Å²) in [6.45, 7) is 1.76. The standard InChI is InChI=1S/C13H11FO3S/c1-7-6-10(13(15)16)18-12(7)8-4-3-5-9(17-2)11(8)14/h3-6H,1-2H3,(H,15,16). The fraction of sp³-hybridized carbons (Fsp3) is 0.154. The number of ether oxygens (including phenoxy) is 1. The van der Waals surface area contributed by atoms with Crippen molar-refractivity contribution in [2.45, 2.75) is 6.92 Å². The Labute approximate surface area is 107 Å². The van der Waals surface area contributed by atoms with E-state index in [0.29, 0.717) is 10.4 Å². The third kappa shape index (κ3) is 2.09. The number of carboxylic acids is 1. The van der Waals surface area contributed by atoms with Gasteiger partial charge in [0.1, 0.15) is 4.88 Å². The summed E-state index contributed by atoms with van der Waals surface area (Å²) in [6.07, 6.45) is 0. The first kappa shape index (κ1) is 12.6. The summed E-state index contributed by atoms with van der Waals surface area (Å²) in [7, 11) is 1.39. The van der Waals surface area contributed by atoms with Crippen LogP contribution in [0.5, 0.6) is 5.75 Å². The normalized spacial score (nSPS) is 10.4. The van der Waals surface area contributed by atoms with E-state index in [2.05, 4.69) is 0 Å². The van der Waals surface area contributed by atoms with Crippen LogP contribution in [0.15, 0.2) is 24.3 Å². The van der Waals surface area contributed by atoms with Gasteiger partial charge >= 0.3 is 5.97 Å². The van der Waals surface area contributed by atoms with Gasteiger partial charge in [0.15, 0.2) is 11.6 Å². The van der Waals surface area contributed by atoms with E-state index in [-0.39, 0.29) is 10.6 Å². The van der Waals surface area contributed by atoms with E-state index in [1.807, 2.05) is 0 Å². The molecule has 1 heterocycles. The van der Waals surface area contributed by atoms with Gasteiger partial charge in [-0.05, 0) is 24.6 Å². The quantitative estimate of drug-likeness (QED) is 0.923. The lowest BCUT2D eigenvalue weighted by Crippen LogP contribution is -1.90. The molecule has 0 radical (unpaired) electrons. The second-order valence-electron chi connectivity index (χ2n) is 3.75. The van der Waals surface area contributed by atoms with Gasteiger partial charge in [-0.1, -0.05) is 12.1 Å². The summed E-state index contributed by atoms with van der Waals surface area (Å²) >= 11 is 1.06. The number of halogens is 1. The van der Waals surface area contributed by atoms with Gasteiger partial charge in [-0.2, -0.15) is 0 Å². The predicted octanol–water partition coefficient (Wildman–Crippen LogP) is 3.57. The fourth-order valence-electron chi connectivity index (χ4n) is 1.70. The molecule has 94 valence electrons. The highest BCUT2D eigenvalue weighted by molar-refractivity contribution is 7.17. The highest BCUT2D eigenvalue weighted by Gasteiger charge is 2.17. The van der Waals surface area contributed by atoms with Gasteiger partial charge in [0.25, 0.3) is 0 Å². The van der Waals surface area contributed by atoms with Crippen LogP contribution in [0.3, 0.4) is 0 Å². The second-order valence-corrected chi connectivity index (χ2v) is 4.80. The number of hydrogen-bond donors (Lipinski definition) is 1. The predicted molar refractivity (Wildman–Crippen MR) is 68.0 cm³/mol. The third-order valence-corrected chi connectivity index (χ3v) is 3.81. The molecule has 18 heavy (non-hydrogen) atoms. The molecule has 0 aliphatic heterocycles. The molecule has 1 aromatic carbocycles. The highest BCUT2D eigenvalue weighted by atomic mass is 32.1. The molecule has 0 aliphatic rings. The van der Waals surface area contributed by atoms with E-state index in [9.17, 15) is 9.18 Å². The Bertz CT molecular complexity index is 604. The first-order valence-electron chi connectivity index (χ1n) is 5.21. The van der Waals surface area contributed by atoms with Crippen LogP contribution in [-0.2, 0) is 0 Å². The maximum absolute atomic E-state index is 14.1. The van der Waals surface area contributed by atoms with Crippen LogP contribution in [0.1, 0.15) is 15.2 Å². The summed E-state index contributed by atoms with van der Waals surface area (Å²) in [6, 6.07) is 6.36. The van der Waals surface area contributed by atoms with E-state index < -0.39 is 11.8 Å². The molecular formula is C13H11FO3S. The largest absolute Gasteiger partial charge is 0.494 e. The molecule has 0 unspecified atom stereocenters. The SMILES string of the molecule is COc1cccc(-c2sc(C(=O)O)cc2C)c1F. The zero-order chi connectivity index (χ0) is 13.3. The molecule has 0 saturated heterocycles. The molecule has 0 saturated carbocycles. The van der Waals surface area contributed by atoms with E-state index in [1.165, 1.54) is 13.2 Å². The van der Waals surface area contributed by atoms with Crippen molar-refractivity contribution < 1.29 is 19.0 Å². The molecule has 0 spiro atoms. The van der Waals surface area contributed by atoms with Gasteiger partial charge in [0.05, 0.1) is 7.11 Å². The van der Waals surface area contributed by atoms with Crippen LogP contribution in [-0.4, -0.2) is 18.2 Å². The Kier molecular flexibility index (Phi) is 3.34. The van der Waals surface area contributed by atoms with Crippen molar-refractivity contribution in [3.05, 3.63) is 40.5 Å². The van der Waals surface area contributed by atoms with Crippen LogP contribution in [0.25, 0.3) is 10.4 Å². The van der Waals surface area contributed by atoms with Gasteiger partial charge in [0, 0.05) is 10.4 Å². The Balaban J connectivity index is 2.58. The summed E-state index contributed by atoms with van der Waals surface area (Å²) in [5, 5.41) is 8.93. The number of hydrogen-bond acceptors (Lipinski definition) is 3. The monoisotopic (exact) mass is 266 g/mol. The maximum atomic E-state index is 14.1. The van der Waals surface area contributed by atoms with Crippen molar-refractivity contribution in [1.82, 2.24) is 0 Å². The van der Waals surface area contributed by atoms with E-state index in [0.717, 1.165) is 16.9 Å². The van der Waals surface area contributed by atoms with Crippen LogP contribution < -0.4 is 4.74 Å². The van der Waals surface area contributed by atoms with Crippen LogP contribution in [0.2, 0.25) is 0 Å². The van der Waals surface area contributed by atoms with Crippen molar-refractivity contribution in [3.8, 4) is 16.2 Å². The van der Waals surface area contributed by atoms with Gasteiger partial charge in [0.2, 0.25) is 0 Å². The molecular weight excluding hydrogens is 255 g/mol. The number of thiophene rings is 1. The molecule has 0 amide bonds. The van der Waals surface area contributed by atoms with E-state index in [1.54, 1.807) is 25.1 Å². The zero-order valence-corrected chi connectivity index (χ0v) is 10.7. The Morgan fingerprint density at radius 2 is 2.17 bits per heavy atom. The average Bonchev–Trinajstić information content (AvgIpc) is 2.72. The topological polar surface area (TPSA) is 46.5 Å². The number of carboxylic acid groups (broad SMARTS) is 1. The van der Waals surface area contributed by atoms with Crippen molar-refractivity contribution in [3.63, 3.8) is 0 Å². The lowest BCUT2D eigenvalue weighted by Gasteiger charge is -2.06. The molecule has 0 atom stereocenters. The molecule has 1 N–H and O–H groups in total. The van der Waals surface area contributed by atoms with E-state index in [4.69, 9.17) is 9.84 Å². The minimum absolute atomic E-state index is 0.150. The zero-order valence-electron chi connectivity index (χ0n) is 9.86. The smallest absolute Gasteiger partial charge is 0.345 e. The number of methoxy groups -OCH3 is 1. The summed E-state index contributed by atoms with van der Waals surface area (Å²) in [5.74, 6) is -1.32. The Morgan fingerprint density at radius 3 is 2.72 bits per heavy atom. The first-order chi connectivity index (χ1) is 8.54. The fourth-order valence-corrected chi connectivity index (χ4v) is 2.73. The highest BCUT2D eigenvalue weighted by Crippen LogP contribution is 2.36. The molecule has 0 fully saturated rings. The number of benzene rings is 1. The number of aryl methyl sites for hydroxylation is 1. The van der Waals surface area contributed by atoms with Gasteiger partial charge in [-0.3, -0.25) is 0 Å². The van der Waals surface area contributed by atoms with Gasteiger partial charge in [-0.15, -0.1) is 11.3 Å². The first-order valence-corrected chi connectivity index (χ1v) is 6.03.